The van der Waals surface area contributed by atoms with E-state index in [2.05, 4.69) is 45.3 Å². The van der Waals surface area contributed by atoms with Gasteiger partial charge in [0.05, 0.1) is 0 Å². The van der Waals surface area contributed by atoms with Crippen LogP contribution in [0.25, 0.3) is 0 Å². The van der Waals surface area contributed by atoms with Crippen molar-refractivity contribution in [2.45, 2.75) is 51.3 Å². The highest BCUT2D eigenvalue weighted by molar-refractivity contribution is 5.07. The highest BCUT2D eigenvalue weighted by Gasteiger charge is 2.36. The predicted octanol–water partition coefficient (Wildman–Crippen LogP) is 2.64. The zero-order valence-corrected chi connectivity index (χ0v) is 13.6. The molecule has 23 heavy (non-hydrogen) atoms. The second-order valence-electron chi connectivity index (χ2n) is 6.52. The fourth-order valence-corrected chi connectivity index (χ4v) is 3.29. The van der Waals surface area contributed by atoms with Crippen LogP contribution in [0, 0.1) is 5.92 Å². The van der Waals surface area contributed by atoms with Gasteiger partial charge in [-0.05, 0) is 38.3 Å². The van der Waals surface area contributed by atoms with Crippen LogP contribution in [-0.4, -0.2) is 27.9 Å². The van der Waals surface area contributed by atoms with Crippen molar-refractivity contribution in [2.24, 2.45) is 5.92 Å². The van der Waals surface area contributed by atoms with E-state index in [0.717, 1.165) is 38.5 Å². The average molecular weight is 316 g/mol. The van der Waals surface area contributed by atoms with Crippen LogP contribution in [0.3, 0.4) is 0 Å². The lowest BCUT2D eigenvalue weighted by Gasteiger charge is -2.16. The van der Waals surface area contributed by atoms with Gasteiger partial charge in [0.1, 0.15) is 6.10 Å². The van der Waals surface area contributed by atoms with Gasteiger partial charge < -0.3 is 19.1 Å². The highest BCUT2D eigenvalue weighted by atomic mass is 16.5. The van der Waals surface area contributed by atoms with Crippen LogP contribution in [0.5, 0.6) is 0 Å². The molecule has 0 bridgehead atoms. The van der Waals surface area contributed by atoms with E-state index in [-0.39, 0.29) is 6.10 Å². The van der Waals surface area contributed by atoms with Gasteiger partial charge in [0.15, 0.2) is 5.82 Å². The summed E-state index contributed by atoms with van der Waals surface area (Å²) < 4.78 is 13.6. The van der Waals surface area contributed by atoms with Crippen molar-refractivity contribution in [1.29, 1.82) is 0 Å². The Balaban J connectivity index is 1.34. The van der Waals surface area contributed by atoms with E-state index in [0.29, 0.717) is 17.7 Å². The number of rotatable bonds is 7. The summed E-state index contributed by atoms with van der Waals surface area (Å²) in [5, 5.41) is 7.67. The summed E-state index contributed by atoms with van der Waals surface area (Å²) in [5.41, 5.74) is 1.32. The van der Waals surface area contributed by atoms with E-state index < -0.39 is 0 Å². The standard InChI is InChI=1S/C17H24N4O2/c1-2-21-8-3-4-14(21)11-18-10-13-7-9-22-15(13)17-19-16(20-23-17)12-5-6-12/h3-4,8,12-13,15,18H,2,5-7,9-11H2,1H3/t13-,15-/m0/s1. The van der Waals surface area contributed by atoms with Crippen molar-refractivity contribution in [1.82, 2.24) is 20.0 Å². The molecule has 0 spiro atoms. The first-order valence-electron chi connectivity index (χ1n) is 8.65. The average Bonchev–Trinajstić information content (AvgIpc) is 2.99. The van der Waals surface area contributed by atoms with E-state index in [4.69, 9.17) is 9.26 Å². The van der Waals surface area contributed by atoms with Gasteiger partial charge in [-0.3, -0.25) is 0 Å². The number of nitrogens with one attached hydrogen (secondary N) is 1. The van der Waals surface area contributed by atoms with Crippen molar-refractivity contribution < 1.29 is 9.26 Å². The minimum Gasteiger partial charge on any atom is -0.368 e. The molecule has 4 rings (SSSR count). The molecule has 2 aliphatic rings. The third-order valence-electron chi connectivity index (χ3n) is 4.83. The van der Waals surface area contributed by atoms with Gasteiger partial charge in [-0.25, -0.2) is 0 Å². The molecule has 1 aliphatic carbocycles. The van der Waals surface area contributed by atoms with Crippen LogP contribution < -0.4 is 5.32 Å². The first-order chi connectivity index (χ1) is 11.3. The summed E-state index contributed by atoms with van der Waals surface area (Å²) in [7, 11) is 0. The Hall–Kier alpha value is -1.66. The zero-order valence-electron chi connectivity index (χ0n) is 13.6. The minimum atomic E-state index is -0.0551. The molecule has 0 radical (unpaired) electrons. The number of hydrogen-bond donors (Lipinski definition) is 1. The summed E-state index contributed by atoms with van der Waals surface area (Å²) in [6, 6.07) is 4.26. The summed E-state index contributed by atoms with van der Waals surface area (Å²) in [5.74, 6) is 2.44. The lowest BCUT2D eigenvalue weighted by molar-refractivity contribution is 0.0623. The predicted molar refractivity (Wildman–Crippen MR) is 84.9 cm³/mol. The Kier molecular flexibility index (Phi) is 4.18. The molecule has 2 aromatic rings. The number of aromatic nitrogens is 3. The molecule has 2 aromatic heterocycles. The van der Waals surface area contributed by atoms with Crippen LogP contribution >= 0.6 is 0 Å². The molecule has 1 aliphatic heterocycles. The summed E-state index contributed by atoms with van der Waals surface area (Å²) >= 11 is 0. The molecule has 0 amide bonds. The Bertz CT molecular complexity index is 647. The van der Waals surface area contributed by atoms with Crippen molar-refractivity contribution in [2.75, 3.05) is 13.2 Å². The van der Waals surface area contributed by atoms with Gasteiger partial charge in [0.2, 0.25) is 0 Å². The summed E-state index contributed by atoms with van der Waals surface area (Å²) in [6.45, 7) is 5.72. The molecular formula is C17H24N4O2. The van der Waals surface area contributed by atoms with Crippen molar-refractivity contribution >= 4 is 0 Å². The molecule has 6 heteroatoms. The number of ether oxygens (including phenoxy) is 1. The first kappa shape index (κ1) is 14.9. The minimum absolute atomic E-state index is 0.0551. The zero-order chi connectivity index (χ0) is 15.6. The second kappa shape index (κ2) is 6.45. The Labute approximate surface area is 136 Å². The lowest BCUT2D eigenvalue weighted by atomic mass is 10.0. The van der Waals surface area contributed by atoms with Crippen LogP contribution in [0.4, 0.5) is 0 Å². The van der Waals surface area contributed by atoms with Gasteiger partial charge in [-0.2, -0.15) is 4.98 Å². The third-order valence-corrected chi connectivity index (χ3v) is 4.83. The summed E-state index contributed by atoms with van der Waals surface area (Å²) in [4.78, 5) is 4.56. The first-order valence-corrected chi connectivity index (χ1v) is 8.65. The SMILES string of the molecule is CCn1cccc1CNC[C@@H]1CCO[C@@H]1c1nc(C2CC2)no1. The van der Waals surface area contributed by atoms with E-state index in [9.17, 15) is 0 Å². The molecule has 6 nitrogen and oxygen atoms in total. The van der Waals surface area contributed by atoms with E-state index >= 15 is 0 Å². The largest absolute Gasteiger partial charge is 0.368 e. The molecule has 3 heterocycles. The second-order valence-corrected chi connectivity index (χ2v) is 6.52. The Morgan fingerprint density at radius 1 is 1.35 bits per heavy atom. The molecule has 1 saturated carbocycles. The monoisotopic (exact) mass is 316 g/mol. The fraction of sp³-hybridized carbons (Fsp3) is 0.647. The molecule has 124 valence electrons. The number of hydrogen-bond acceptors (Lipinski definition) is 5. The summed E-state index contributed by atoms with van der Waals surface area (Å²) in [6.07, 6.45) is 5.48. The third kappa shape index (κ3) is 3.19. The van der Waals surface area contributed by atoms with Gasteiger partial charge >= 0.3 is 0 Å². The van der Waals surface area contributed by atoms with Gasteiger partial charge in [-0.1, -0.05) is 5.16 Å². The molecule has 1 N–H and O–H groups in total. The highest BCUT2D eigenvalue weighted by Crippen LogP contribution is 2.40. The van der Waals surface area contributed by atoms with E-state index in [1.807, 2.05) is 0 Å². The molecule has 2 fully saturated rings. The van der Waals surface area contributed by atoms with Crippen molar-refractivity contribution in [3.63, 3.8) is 0 Å². The molecule has 0 unspecified atom stereocenters. The number of nitrogens with zero attached hydrogens (tertiary/aromatic N) is 3. The lowest BCUT2D eigenvalue weighted by Crippen LogP contribution is -2.25. The topological polar surface area (TPSA) is 65.1 Å². The molecule has 0 aromatic carbocycles. The Morgan fingerprint density at radius 3 is 3.09 bits per heavy atom. The fourth-order valence-electron chi connectivity index (χ4n) is 3.29. The molecule has 2 atom stereocenters. The molecule has 1 saturated heterocycles. The van der Waals surface area contributed by atoms with E-state index in [1.54, 1.807) is 0 Å². The number of aryl methyl sites for hydroxylation is 1. The van der Waals surface area contributed by atoms with Crippen LogP contribution in [-0.2, 0) is 17.8 Å². The van der Waals surface area contributed by atoms with Crippen molar-refractivity contribution in [3.8, 4) is 0 Å². The van der Waals surface area contributed by atoms with Crippen LogP contribution in [0.15, 0.2) is 22.9 Å². The van der Waals surface area contributed by atoms with Crippen molar-refractivity contribution in [3.05, 3.63) is 35.7 Å². The smallest absolute Gasteiger partial charge is 0.256 e. The van der Waals surface area contributed by atoms with Crippen LogP contribution in [0.1, 0.15) is 55.6 Å². The van der Waals surface area contributed by atoms with Gasteiger partial charge in [-0.15, -0.1) is 0 Å². The van der Waals surface area contributed by atoms with Gasteiger partial charge in [0, 0.05) is 50.0 Å². The maximum absolute atomic E-state index is 5.86. The maximum atomic E-state index is 5.86. The van der Waals surface area contributed by atoms with Gasteiger partial charge in [0.25, 0.3) is 5.89 Å². The maximum Gasteiger partial charge on any atom is 0.256 e. The molecular weight excluding hydrogens is 292 g/mol. The Morgan fingerprint density at radius 2 is 2.26 bits per heavy atom. The quantitative estimate of drug-likeness (QED) is 0.850. The normalized spacial score (nSPS) is 24.4. The van der Waals surface area contributed by atoms with E-state index in [1.165, 1.54) is 18.5 Å². The van der Waals surface area contributed by atoms with Crippen LogP contribution in [0.2, 0.25) is 0 Å².